The van der Waals surface area contributed by atoms with Gasteiger partial charge in [-0.1, -0.05) is 42.0 Å². The highest BCUT2D eigenvalue weighted by atomic mass is 32.2. The fourth-order valence-electron chi connectivity index (χ4n) is 2.81. The first kappa shape index (κ1) is 20.4. The maximum atomic E-state index is 12.6. The van der Waals surface area contributed by atoms with Crippen molar-refractivity contribution in [2.45, 2.75) is 24.2 Å². The lowest BCUT2D eigenvalue weighted by molar-refractivity contribution is 0.0693. The van der Waals surface area contributed by atoms with Crippen LogP contribution in [0.3, 0.4) is 0 Å². The van der Waals surface area contributed by atoms with Crippen molar-refractivity contribution in [3.8, 4) is 11.5 Å². The van der Waals surface area contributed by atoms with Crippen molar-refractivity contribution < 1.29 is 28.2 Å². The zero-order chi connectivity index (χ0) is 21.0. The van der Waals surface area contributed by atoms with E-state index in [0.717, 1.165) is 11.1 Å². The highest BCUT2D eigenvalue weighted by Gasteiger charge is 2.15. The lowest BCUT2D eigenvalue weighted by atomic mass is 10.1. The molecule has 29 heavy (non-hydrogen) atoms. The van der Waals surface area contributed by atoms with Gasteiger partial charge in [0.25, 0.3) is 0 Å². The minimum Gasteiger partial charge on any atom is -0.507 e. The van der Waals surface area contributed by atoms with Crippen LogP contribution in [0.2, 0.25) is 0 Å². The topological polar surface area (TPSA) is 101 Å². The molecule has 0 amide bonds. The Morgan fingerprint density at radius 2 is 1.66 bits per heavy atom. The third-order valence-corrected chi connectivity index (χ3v) is 6.04. The molecule has 2 N–H and O–H groups in total. The molecule has 0 fully saturated rings. The zero-order valence-corrected chi connectivity index (χ0v) is 16.5. The zero-order valence-electron chi connectivity index (χ0n) is 15.7. The van der Waals surface area contributed by atoms with Crippen LogP contribution in [0.4, 0.5) is 0 Å². The minimum atomic E-state index is -3.46. The molecule has 0 unspecified atom stereocenters. The summed E-state index contributed by atoms with van der Waals surface area (Å²) in [7, 11) is -3.46. The third kappa shape index (κ3) is 5.14. The minimum absolute atomic E-state index is 0.127. The van der Waals surface area contributed by atoms with Crippen molar-refractivity contribution in [2.24, 2.45) is 0 Å². The van der Waals surface area contributed by atoms with Gasteiger partial charge in [-0.15, -0.1) is 0 Å². The Balaban J connectivity index is 1.70. The summed E-state index contributed by atoms with van der Waals surface area (Å²) >= 11 is 0. The van der Waals surface area contributed by atoms with E-state index < -0.39 is 15.8 Å². The van der Waals surface area contributed by atoms with E-state index in [-0.39, 0.29) is 28.6 Å². The number of rotatable bonds is 7. The van der Waals surface area contributed by atoms with E-state index in [4.69, 9.17) is 9.84 Å². The summed E-state index contributed by atoms with van der Waals surface area (Å²) in [5.41, 5.74) is 2.17. The van der Waals surface area contributed by atoms with Crippen LogP contribution in [0, 0.1) is 6.92 Å². The second-order valence-corrected chi connectivity index (χ2v) is 8.65. The van der Waals surface area contributed by atoms with Crippen LogP contribution in [-0.2, 0) is 22.2 Å². The Morgan fingerprint density at radius 3 is 2.31 bits per heavy atom. The van der Waals surface area contributed by atoms with Crippen LogP contribution in [0.1, 0.15) is 27.0 Å². The molecule has 150 valence electrons. The number of sulfone groups is 1. The second-order valence-electron chi connectivity index (χ2n) is 6.66. The lowest BCUT2D eigenvalue weighted by Crippen LogP contribution is -2.06. The number of aromatic carboxylic acids is 1. The average molecular weight is 412 g/mol. The number of ether oxygens (including phenoxy) is 1. The van der Waals surface area contributed by atoms with Gasteiger partial charge >= 0.3 is 5.97 Å². The molecule has 0 bridgehead atoms. The number of carboxylic acid groups (broad SMARTS) is 1. The predicted molar refractivity (Wildman–Crippen MR) is 108 cm³/mol. The van der Waals surface area contributed by atoms with Crippen LogP contribution in [0.15, 0.2) is 71.6 Å². The molecule has 3 aromatic rings. The molecule has 6 nitrogen and oxygen atoms in total. The van der Waals surface area contributed by atoms with E-state index in [0.29, 0.717) is 11.3 Å². The maximum Gasteiger partial charge on any atom is 0.339 e. The summed E-state index contributed by atoms with van der Waals surface area (Å²) in [5.74, 6) is -1.42. The molecule has 3 rings (SSSR count). The van der Waals surface area contributed by atoms with Crippen molar-refractivity contribution in [1.82, 2.24) is 0 Å². The molecule has 0 atom stereocenters. The van der Waals surface area contributed by atoms with Crippen LogP contribution in [-0.4, -0.2) is 24.6 Å². The Bertz CT molecular complexity index is 1130. The number of benzene rings is 3. The van der Waals surface area contributed by atoms with Gasteiger partial charge in [0.05, 0.1) is 10.6 Å². The summed E-state index contributed by atoms with van der Waals surface area (Å²) < 4.78 is 30.8. The first-order valence-corrected chi connectivity index (χ1v) is 10.5. The van der Waals surface area contributed by atoms with Crippen LogP contribution in [0.25, 0.3) is 0 Å². The van der Waals surface area contributed by atoms with E-state index in [2.05, 4.69) is 0 Å². The van der Waals surface area contributed by atoms with E-state index in [1.165, 1.54) is 18.2 Å². The summed E-state index contributed by atoms with van der Waals surface area (Å²) in [4.78, 5) is 11.2. The average Bonchev–Trinajstić information content (AvgIpc) is 2.66. The number of carboxylic acids is 1. The first-order valence-electron chi connectivity index (χ1n) is 8.81. The summed E-state index contributed by atoms with van der Waals surface area (Å²) in [6.45, 7) is 2.04. The lowest BCUT2D eigenvalue weighted by Gasteiger charge is -2.10. The molecule has 0 radical (unpaired) electrons. The molecule has 0 heterocycles. The molecular formula is C22H20O6S. The van der Waals surface area contributed by atoms with Gasteiger partial charge in [-0.25, -0.2) is 13.2 Å². The number of carbonyl (C=O) groups is 1. The molecular weight excluding hydrogens is 392 g/mol. The van der Waals surface area contributed by atoms with E-state index in [1.54, 1.807) is 48.5 Å². The van der Waals surface area contributed by atoms with E-state index in [9.17, 15) is 18.3 Å². The highest BCUT2D eigenvalue weighted by molar-refractivity contribution is 7.90. The Morgan fingerprint density at radius 1 is 0.966 bits per heavy atom. The number of hydrogen-bond acceptors (Lipinski definition) is 5. The van der Waals surface area contributed by atoms with Crippen molar-refractivity contribution in [3.05, 3.63) is 89.0 Å². The number of hydrogen-bond donors (Lipinski definition) is 2. The smallest absolute Gasteiger partial charge is 0.339 e. The normalized spacial score (nSPS) is 11.2. The van der Waals surface area contributed by atoms with Crippen LogP contribution >= 0.6 is 0 Å². The van der Waals surface area contributed by atoms with Crippen molar-refractivity contribution in [3.63, 3.8) is 0 Å². The fourth-order valence-corrected chi connectivity index (χ4v) is 4.14. The molecule has 0 spiro atoms. The third-order valence-electron chi connectivity index (χ3n) is 4.33. The second kappa shape index (κ2) is 8.36. The standard InChI is InChI=1S/C22H20O6S/c1-15-5-8-19(9-6-15)29(26,27)14-17-4-2-3-16(11-17)13-28-18-7-10-20(22(24)25)21(23)12-18/h2-12,23H,13-14H2,1H3,(H,24,25). The Labute approximate surface area is 168 Å². The molecule has 0 aliphatic carbocycles. The Kier molecular flexibility index (Phi) is 5.89. The van der Waals surface area contributed by atoms with Gasteiger partial charge in [0.15, 0.2) is 9.84 Å². The summed E-state index contributed by atoms with van der Waals surface area (Å²) in [5, 5.41) is 18.7. The number of aryl methyl sites for hydroxylation is 1. The largest absolute Gasteiger partial charge is 0.507 e. The van der Waals surface area contributed by atoms with Gasteiger partial charge in [0.2, 0.25) is 0 Å². The van der Waals surface area contributed by atoms with Gasteiger partial charge < -0.3 is 14.9 Å². The molecule has 0 saturated carbocycles. The van der Waals surface area contributed by atoms with Crippen LogP contribution in [0.5, 0.6) is 11.5 Å². The van der Waals surface area contributed by atoms with Gasteiger partial charge in [-0.2, -0.15) is 0 Å². The van der Waals surface area contributed by atoms with Gasteiger partial charge in [0.1, 0.15) is 23.7 Å². The highest BCUT2D eigenvalue weighted by Crippen LogP contribution is 2.24. The van der Waals surface area contributed by atoms with E-state index >= 15 is 0 Å². The van der Waals surface area contributed by atoms with Gasteiger partial charge in [0, 0.05) is 6.07 Å². The predicted octanol–water partition coefficient (Wildman–Crippen LogP) is 3.95. The van der Waals surface area contributed by atoms with Crippen molar-refractivity contribution in [1.29, 1.82) is 0 Å². The summed E-state index contributed by atoms with van der Waals surface area (Å²) in [6, 6.07) is 17.7. The molecule has 0 aromatic heterocycles. The SMILES string of the molecule is Cc1ccc(S(=O)(=O)Cc2cccc(COc3ccc(C(=O)O)c(O)c3)c2)cc1. The van der Waals surface area contributed by atoms with Gasteiger partial charge in [-0.05, 0) is 42.3 Å². The fraction of sp³-hybridized carbons (Fsp3) is 0.136. The van der Waals surface area contributed by atoms with E-state index in [1.807, 2.05) is 6.92 Å². The number of aromatic hydroxyl groups is 1. The quantitative estimate of drug-likeness (QED) is 0.609. The van der Waals surface area contributed by atoms with Crippen molar-refractivity contribution in [2.75, 3.05) is 0 Å². The molecule has 0 aliphatic rings. The van der Waals surface area contributed by atoms with Gasteiger partial charge in [-0.3, -0.25) is 0 Å². The number of phenols is 1. The first-order chi connectivity index (χ1) is 13.7. The summed E-state index contributed by atoms with van der Waals surface area (Å²) in [6.07, 6.45) is 0. The maximum absolute atomic E-state index is 12.6. The molecule has 7 heteroatoms. The molecule has 0 aliphatic heterocycles. The molecule has 0 saturated heterocycles. The van der Waals surface area contributed by atoms with Crippen molar-refractivity contribution >= 4 is 15.8 Å². The van der Waals surface area contributed by atoms with Crippen LogP contribution < -0.4 is 4.74 Å². The monoisotopic (exact) mass is 412 g/mol. The molecule has 3 aromatic carbocycles. The Hall–Kier alpha value is -3.32.